The number of phenols is 3. The Labute approximate surface area is 198 Å². The lowest BCUT2D eigenvalue weighted by Crippen LogP contribution is -2.07. The number of hydrogen-bond acceptors (Lipinski definition) is 6. The fourth-order valence-corrected chi connectivity index (χ4v) is 3.67. The summed E-state index contributed by atoms with van der Waals surface area (Å²) in [6.45, 7) is 11.7. The van der Waals surface area contributed by atoms with Crippen molar-refractivity contribution in [1.82, 2.24) is 0 Å². The summed E-state index contributed by atoms with van der Waals surface area (Å²) in [6, 6.07) is 2.67. The van der Waals surface area contributed by atoms with Crippen molar-refractivity contribution in [3.05, 3.63) is 75.0 Å². The summed E-state index contributed by atoms with van der Waals surface area (Å²) in [7, 11) is 1.47. The molecule has 0 saturated carbocycles. The molecule has 178 valence electrons. The monoisotopic (exact) mass is 462 g/mol. The Balaban J connectivity index is 2.38. The van der Waals surface area contributed by atoms with E-state index in [-0.39, 0.29) is 27.7 Å². The van der Waals surface area contributed by atoms with Gasteiger partial charge in [-0.3, -0.25) is 4.79 Å². The first-order valence-electron chi connectivity index (χ1n) is 10.9. The van der Waals surface area contributed by atoms with Crippen LogP contribution in [0.1, 0.15) is 45.2 Å². The number of benzene rings is 2. The van der Waals surface area contributed by atoms with Crippen molar-refractivity contribution in [1.29, 1.82) is 0 Å². The molecule has 1 aromatic heterocycles. The van der Waals surface area contributed by atoms with Gasteiger partial charge in [0.05, 0.1) is 12.5 Å². The molecule has 0 aliphatic heterocycles. The molecular weight excluding hydrogens is 432 g/mol. The third-order valence-electron chi connectivity index (χ3n) is 5.50. The SMILES string of the molecule is C=C(C)/C=C/c1cc(O)c(O)c2oc3c(C/C=C(/C)CC=C(C)C)c(OC)cc(O)c3c(=O)c12. The van der Waals surface area contributed by atoms with Crippen LogP contribution in [0.2, 0.25) is 0 Å². The second-order valence-electron chi connectivity index (χ2n) is 8.67. The molecule has 0 bridgehead atoms. The lowest BCUT2D eigenvalue weighted by Gasteiger charge is -2.14. The van der Waals surface area contributed by atoms with Crippen LogP contribution in [0.5, 0.6) is 23.0 Å². The molecule has 2 aromatic carbocycles. The van der Waals surface area contributed by atoms with E-state index in [2.05, 4.69) is 12.7 Å². The van der Waals surface area contributed by atoms with Crippen molar-refractivity contribution < 1.29 is 24.5 Å². The molecule has 0 aliphatic rings. The van der Waals surface area contributed by atoms with Crippen molar-refractivity contribution in [3.63, 3.8) is 0 Å². The minimum absolute atomic E-state index is 0.0197. The van der Waals surface area contributed by atoms with Crippen molar-refractivity contribution in [2.75, 3.05) is 7.11 Å². The zero-order valence-electron chi connectivity index (χ0n) is 20.2. The van der Waals surface area contributed by atoms with Gasteiger partial charge in [0, 0.05) is 11.6 Å². The van der Waals surface area contributed by atoms with Gasteiger partial charge >= 0.3 is 0 Å². The van der Waals surface area contributed by atoms with Gasteiger partial charge in [0.1, 0.15) is 22.5 Å². The van der Waals surface area contributed by atoms with Crippen LogP contribution in [0.25, 0.3) is 28.0 Å². The summed E-state index contributed by atoms with van der Waals surface area (Å²) < 4.78 is 11.5. The number of hydrogen-bond donors (Lipinski definition) is 3. The van der Waals surface area contributed by atoms with Crippen molar-refractivity contribution in [3.8, 4) is 23.0 Å². The van der Waals surface area contributed by atoms with Crippen molar-refractivity contribution in [2.24, 2.45) is 0 Å². The van der Waals surface area contributed by atoms with E-state index < -0.39 is 16.9 Å². The van der Waals surface area contributed by atoms with E-state index in [1.54, 1.807) is 19.1 Å². The van der Waals surface area contributed by atoms with Crippen LogP contribution in [0.15, 0.2) is 62.9 Å². The largest absolute Gasteiger partial charge is 0.507 e. The highest BCUT2D eigenvalue weighted by Crippen LogP contribution is 2.41. The highest BCUT2D eigenvalue weighted by Gasteiger charge is 2.23. The Morgan fingerprint density at radius 3 is 2.35 bits per heavy atom. The van der Waals surface area contributed by atoms with E-state index in [1.165, 1.54) is 24.8 Å². The Morgan fingerprint density at radius 1 is 1.03 bits per heavy atom. The predicted molar refractivity (Wildman–Crippen MR) is 137 cm³/mol. The standard InChI is InChI=1S/C28H30O6/c1-15(2)7-9-17(5)10-12-19-22(33-6)14-20(29)24-26(32)23-18(11-8-16(3)4)13-21(30)25(31)28(23)34-27(19)24/h7-8,10-11,13-14,29-31H,3,9,12H2,1-2,4-6H3/b11-8+,17-10-. The Morgan fingerprint density at radius 2 is 1.74 bits per heavy atom. The van der Waals surface area contributed by atoms with Gasteiger partial charge in [0.25, 0.3) is 0 Å². The average molecular weight is 463 g/mol. The molecule has 0 unspecified atom stereocenters. The lowest BCUT2D eigenvalue weighted by molar-refractivity contribution is 0.398. The highest BCUT2D eigenvalue weighted by molar-refractivity contribution is 6.01. The summed E-state index contributed by atoms with van der Waals surface area (Å²) in [5.74, 6) is -0.924. The summed E-state index contributed by atoms with van der Waals surface area (Å²) in [5, 5.41) is 31.5. The minimum atomic E-state index is -0.551. The molecule has 6 nitrogen and oxygen atoms in total. The molecule has 0 spiro atoms. The smallest absolute Gasteiger partial charge is 0.205 e. The van der Waals surface area contributed by atoms with Crippen LogP contribution < -0.4 is 10.2 Å². The fourth-order valence-electron chi connectivity index (χ4n) is 3.67. The van der Waals surface area contributed by atoms with E-state index in [1.807, 2.05) is 26.8 Å². The first-order valence-corrected chi connectivity index (χ1v) is 10.9. The molecule has 0 radical (unpaired) electrons. The third-order valence-corrected chi connectivity index (χ3v) is 5.50. The summed E-state index contributed by atoms with van der Waals surface area (Å²) >= 11 is 0. The number of ether oxygens (including phenoxy) is 1. The minimum Gasteiger partial charge on any atom is -0.507 e. The molecule has 0 fully saturated rings. The number of aromatic hydroxyl groups is 3. The molecule has 3 rings (SSSR count). The maximum Gasteiger partial charge on any atom is 0.205 e. The van der Waals surface area contributed by atoms with Gasteiger partial charge in [-0.15, -0.1) is 0 Å². The second-order valence-corrected chi connectivity index (χ2v) is 8.67. The van der Waals surface area contributed by atoms with Crippen LogP contribution in [0, 0.1) is 0 Å². The van der Waals surface area contributed by atoms with E-state index in [4.69, 9.17) is 9.15 Å². The van der Waals surface area contributed by atoms with E-state index in [9.17, 15) is 20.1 Å². The van der Waals surface area contributed by atoms with Gasteiger partial charge in [0.2, 0.25) is 11.2 Å². The molecule has 34 heavy (non-hydrogen) atoms. The Hall–Kier alpha value is -3.93. The quantitative estimate of drug-likeness (QED) is 0.160. The molecule has 6 heteroatoms. The molecule has 3 aromatic rings. The Bertz CT molecular complexity index is 1430. The summed E-state index contributed by atoms with van der Waals surface area (Å²) in [5.41, 5.74) is 3.33. The van der Waals surface area contributed by atoms with Gasteiger partial charge in [-0.25, -0.2) is 0 Å². The van der Waals surface area contributed by atoms with Crippen LogP contribution in [-0.2, 0) is 6.42 Å². The van der Waals surface area contributed by atoms with E-state index in [0.717, 1.165) is 17.6 Å². The lowest BCUT2D eigenvalue weighted by atomic mass is 9.99. The number of rotatable bonds is 7. The summed E-state index contributed by atoms with van der Waals surface area (Å²) in [4.78, 5) is 13.6. The normalized spacial score (nSPS) is 12.0. The molecular formula is C28H30O6. The highest BCUT2D eigenvalue weighted by atomic mass is 16.5. The van der Waals surface area contributed by atoms with Gasteiger partial charge in [-0.2, -0.15) is 0 Å². The molecule has 3 N–H and O–H groups in total. The summed E-state index contributed by atoms with van der Waals surface area (Å²) in [6.07, 6.45) is 8.55. The van der Waals surface area contributed by atoms with Crippen molar-refractivity contribution >= 4 is 28.0 Å². The first-order chi connectivity index (χ1) is 16.0. The van der Waals surface area contributed by atoms with E-state index in [0.29, 0.717) is 23.3 Å². The zero-order valence-corrected chi connectivity index (χ0v) is 20.2. The molecule has 0 amide bonds. The van der Waals surface area contributed by atoms with Gasteiger partial charge in [-0.1, -0.05) is 47.6 Å². The van der Waals surface area contributed by atoms with Gasteiger partial charge < -0.3 is 24.5 Å². The number of methoxy groups -OCH3 is 1. The topological polar surface area (TPSA) is 100 Å². The molecule has 1 heterocycles. The fraction of sp³-hybridized carbons (Fsp3) is 0.250. The number of allylic oxidation sites excluding steroid dienone is 6. The average Bonchev–Trinajstić information content (AvgIpc) is 2.77. The molecule has 0 atom stereocenters. The predicted octanol–water partition coefficient (Wildman–Crippen LogP) is 6.51. The van der Waals surface area contributed by atoms with Crippen LogP contribution >= 0.6 is 0 Å². The zero-order chi connectivity index (χ0) is 25.2. The maximum atomic E-state index is 13.6. The van der Waals surface area contributed by atoms with Crippen molar-refractivity contribution in [2.45, 2.75) is 40.5 Å². The second kappa shape index (κ2) is 9.91. The number of fused-ring (bicyclic) bond motifs is 2. The van der Waals surface area contributed by atoms with Gasteiger partial charge in [-0.05, 0) is 52.2 Å². The van der Waals surface area contributed by atoms with Crippen LogP contribution in [0.4, 0.5) is 0 Å². The molecule has 0 aliphatic carbocycles. The molecule has 0 saturated heterocycles. The first kappa shape index (κ1) is 24.7. The number of phenolic OH excluding ortho intramolecular Hbond substituents is 3. The third kappa shape index (κ3) is 4.86. The van der Waals surface area contributed by atoms with Crippen LogP contribution in [-0.4, -0.2) is 22.4 Å². The maximum absolute atomic E-state index is 13.6. The van der Waals surface area contributed by atoms with E-state index >= 15 is 0 Å². The van der Waals surface area contributed by atoms with Crippen LogP contribution in [0.3, 0.4) is 0 Å². The van der Waals surface area contributed by atoms with Gasteiger partial charge in [0.15, 0.2) is 11.3 Å². The Kier molecular flexibility index (Phi) is 7.20.